The second-order valence-corrected chi connectivity index (χ2v) is 7.42. The summed E-state index contributed by atoms with van der Waals surface area (Å²) < 4.78 is 1.90. The van der Waals surface area contributed by atoms with E-state index in [-0.39, 0.29) is 23.8 Å². The standard InChI is InChI=1S/C19H24N4O2/c1-12-9-15(12)19(25)23-8-4-3-5-16(23)18(24)21-14-6-7-17-20-13(2)10-22(17)11-14/h6-7,10-12,15-16H,3-5,8-9H2,1-2H3,(H,21,24)/t12-,15-,16+/m1/s1. The highest BCUT2D eigenvalue weighted by molar-refractivity contribution is 5.97. The molecular formula is C19H24N4O2. The number of anilines is 1. The zero-order valence-corrected chi connectivity index (χ0v) is 14.7. The number of likely N-dealkylation sites (tertiary alicyclic amines) is 1. The third kappa shape index (κ3) is 3.13. The Bertz CT molecular complexity index is 828. The molecule has 1 aliphatic carbocycles. The average Bonchev–Trinajstić information content (AvgIpc) is 3.21. The Morgan fingerprint density at radius 1 is 1.24 bits per heavy atom. The molecule has 132 valence electrons. The molecule has 3 atom stereocenters. The van der Waals surface area contributed by atoms with E-state index in [1.807, 2.05) is 40.8 Å². The molecule has 3 heterocycles. The number of imidazole rings is 1. The summed E-state index contributed by atoms with van der Waals surface area (Å²) in [5, 5.41) is 2.99. The van der Waals surface area contributed by atoms with Gasteiger partial charge in [-0.1, -0.05) is 6.92 Å². The van der Waals surface area contributed by atoms with Crippen LogP contribution in [0.3, 0.4) is 0 Å². The topological polar surface area (TPSA) is 66.7 Å². The van der Waals surface area contributed by atoms with Crippen molar-refractivity contribution >= 4 is 23.1 Å². The summed E-state index contributed by atoms with van der Waals surface area (Å²) in [6, 6.07) is 3.39. The number of piperidine rings is 1. The van der Waals surface area contributed by atoms with E-state index in [0.717, 1.165) is 42.7 Å². The van der Waals surface area contributed by atoms with E-state index in [0.29, 0.717) is 12.5 Å². The van der Waals surface area contributed by atoms with Gasteiger partial charge in [0.2, 0.25) is 11.8 Å². The summed E-state index contributed by atoms with van der Waals surface area (Å²) in [4.78, 5) is 31.7. The van der Waals surface area contributed by atoms with Crippen LogP contribution in [0, 0.1) is 18.8 Å². The van der Waals surface area contributed by atoms with Crippen molar-refractivity contribution in [3.05, 3.63) is 30.2 Å². The lowest BCUT2D eigenvalue weighted by molar-refractivity contribution is -0.141. The number of aromatic nitrogens is 2. The highest BCUT2D eigenvalue weighted by atomic mass is 16.2. The van der Waals surface area contributed by atoms with Crippen LogP contribution in [0.5, 0.6) is 0 Å². The average molecular weight is 340 g/mol. The Morgan fingerprint density at radius 2 is 2.04 bits per heavy atom. The molecule has 4 rings (SSSR count). The lowest BCUT2D eigenvalue weighted by atomic mass is 10.0. The van der Waals surface area contributed by atoms with Crippen molar-refractivity contribution in [2.75, 3.05) is 11.9 Å². The Hall–Kier alpha value is -2.37. The van der Waals surface area contributed by atoms with Crippen LogP contribution in [-0.4, -0.2) is 38.7 Å². The number of carbonyl (C=O) groups is 2. The van der Waals surface area contributed by atoms with Crippen LogP contribution >= 0.6 is 0 Å². The maximum absolute atomic E-state index is 12.8. The maximum Gasteiger partial charge on any atom is 0.247 e. The number of hydrogen-bond acceptors (Lipinski definition) is 3. The third-order valence-corrected chi connectivity index (χ3v) is 5.35. The molecule has 0 bridgehead atoms. The normalized spacial score (nSPS) is 25.8. The van der Waals surface area contributed by atoms with Crippen molar-refractivity contribution < 1.29 is 9.59 Å². The van der Waals surface area contributed by atoms with Gasteiger partial charge < -0.3 is 14.6 Å². The largest absolute Gasteiger partial charge is 0.330 e. The molecule has 0 unspecified atom stereocenters. The van der Waals surface area contributed by atoms with E-state index >= 15 is 0 Å². The van der Waals surface area contributed by atoms with Crippen LogP contribution in [0.4, 0.5) is 5.69 Å². The highest BCUT2D eigenvalue weighted by Gasteiger charge is 2.44. The number of rotatable bonds is 3. The van der Waals surface area contributed by atoms with Crippen molar-refractivity contribution in [2.24, 2.45) is 11.8 Å². The number of nitrogens with zero attached hydrogens (tertiary/aromatic N) is 3. The van der Waals surface area contributed by atoms with E-state index in [1.54, 1.807) is 0 Å². The van der Waals surface area contributed by atoms with E-state index in [1.165, 1.54) is 0 Å². The van der Waals surface area contributed by atoms with Gasteiger partial charge in [0, 0.05) is 24.9 Å². The minimum atomic E-state index is -0.353. The Balaban J connectivity index is 1.50. The van der Waals surface area contributed by atoms with Crippen LogP contribution in [0.25, 0.3) is 5.65 Å². The van der Waals surface area contributed by atoms with Crippen LogP contribution in [-0.2, 0) is 9.59 Å². The molecular weight excluding hydrogens is 316 g/mol. The smallest absolute Gasteiger partial charge is 0.247 e. The lowest BCUT2D eigenvalue weighted by Crippen LogP contribution is -2.50. The highest BCUT2D eigenvalue weighted by Crippen LogP contribution is 2.40. The van der Waals surface area contributed by atoms with Crippen LogP contribution in [0.1, 0.15) is 38.3 Å². The Morgan fingerprint density at radius 3 is 2.80 bits per heavy atom. The lowest BCUT2D eigenvalue weighted by Gasteiger charge is -2.35. The number of hydrogen-bond donors (Lipinski definition) is 1. The van der Waals surface area contributed by atoms with Gasteiger partial charge in [-0.25, -0.2) is 4.98 Å². The molecule has 1 saturated heterocycles. The molecule has 2 amide bonds. The molecule has 0 radical (unpaired) electrons. The van der Waals surface area contributed by atoms with E-state index in [2.05, 4.69) is 17.2 Å². The van der Waals surface area contributed by atoms with Gasteiger partial charge in [0.1, 0.15) is 11.7 Å². The van der Waals surface area contributed by atoms with Gasteiger partial charge in [-0.2, -0.15) is 0 Å². The predicted molar refractivity (Wildman–Crippen MR) is 95.2 cm³/mol. The van der Waals surface area contributed by atoms with Gasteiger partial charge in [-0.15, -0.1) is 0 Å². The molecule has 2 aromatic heterocycles. The molecule has 25 heavy (non-hydrogen) atoms. The monoisotopic (exact) mass is 340 g/mol. The fourth-order valence-corrected chi connectivity index (χ4v) is 3.77. The first-order valence-electron chi connectivity index (χ1n) is 9.09. The minimum absolute atomic E-state index is 0.0856. The molecule has 6 nitrogen and oxygen atoms in total. The summed E-state index contributed by atoms with van der Waals surface area (Å²) >= 11 is 0. The van der Waals surface area contributed by atoms with E-state index in [9.17, 15) is 9.59 Å². The molecule has 0 spiro atoms. The molecule has 2 aromatic rings. The van der Waals surface area contributed by atoms with E-state index in [4.69, 9.17) is 0 Å². The molecule has 1 saturated carbocycles. The number of carbonyl (C=O) groups excluding carboxylic acids is 2. The van der Waals surface area contributed by atoms with Gasteiger partial charge in [0.15, 0.2) is 0 Å². The summed E-state index contributed by atoms with van der Waals surface area (Å²) in [7, 11) is 0. The SMILES string of the molecule is Cc1cn2cc(NC(=O)[C@@H]3CCCCN3C(=O)[C@@H]3C[C@H]3C)ccc2n1. The quantitative estimate of drug-likeness (QED) is 0.934. The van der Waals surface area contributed by atoms with Crippen molar-refractivity contribution in [3.8, 4) is 0 Å². The minimum Gasteiger partial charge on any atom is -0.330 e. The summed E-state index contributed by atoms with van der Waals surface area (Å²) in [6.45, 7) is 4.74. The number of fused-ring (bicyclic) bond motifs is 1. The van der Waals surface area contributed by atoms with E-state index < -0.39 is 0 Å². The maximum atomic E-state index is 12.8. The second-order valence-electron chi connectivity index (χ2n) is 7.42. The number of aryl methyl sites for hydroxylation is 1. The fourth-order valence-electron chi connectivity index (χ4n) is 3.77. The van der Waals surface area contributed by atoms with Gasteiger partial charge in [0.25, 0.3) is 0 Å². The zero-order chi connectivity index (χ0) is 17.6. The Kier molecular flexibility index (Phi) is 3.98. The summed E-state index contributed by atoms with van der Waals surface area (Å²) in [5.41, 5.74) is 2.52. The van der Waals surface area contributed by atoms with Crippen molar-refractivity contribution in [2.45, 2.75) is 45.6 Å². The van der Waals surface area contributed by atoms with Crippen LogP contribution in [0.2, 0.25) is 0 Å². The third-order valence-electron chi connectivity index (χ3n) is 5.35. The first-order chi connectivity index (χ1) is 12.0. The molecule has 6 heteroatoms. The van der Waals surface area contributed by atoms with Crippen molar-refractivity contribution in [3.63, 3.8) is 0 Å². The summed E-state index contributed by atoms with van der Waals surface area (Å²) in [6.07, 6.45) is 7.46. The molecule has 2 fully saturated rings. The van der Waals surface area contributed by atoms with Gasteiger partial charge in [-0.05, 0) is 50.7 Å². The van der Waals surface area contributed by atoms with Crippen molar-refractivity contribution in [1.29, 1.82) is 0 Å². The number of pyridine rings is 1. The molecule has 1 N–H and O–H groups in total. The van der Waals surface area contributed by atoms with Crippen LogP contribution < -0.4 is 5.32 Å². The second kappa shape index (κ2) is 6.17. The molecule has 2 aliphatic rings. The first kappa shape index (κ1) is 16.1. The predicted octanol–water partition coefficient (Wildman–Crippen LogP) is 2.62. The number of nitrogens with one attached hydrogen (secondary N) is 1. The van der Waals surface area contributed by atoms with Crippen molar-refractivity contribution in [1.82, 2.24) is 14.3 Å². The summed E-state index contributed by atoms with van der Waals surface area (Å²) in [5.74, 6) is 0.661. The number of amides is 2. The van der Waals surface area contributed by atoms with Gasteiger partial charge in [0.05, 0.1) is 11.4 Å². The van der Waals surface area contributed by atoms with Crippen LogP contribution in [0.15, 0.2) is 24.5 Å². The fraction of sp³-hybridized carbons (Fsp3) is 0.526. The molecule has 1 aliphatic heterocycles. The molecule has 0 aromatic carbocycles. The first-order valence-corrected chi connectivity index (χ1v) is 9.09. The zero-order valence-electron chi connectivity index (χ0n) is 14.7. The van der Waals surface area contributed by atoms with Gasteiger partial charge in [-0.3, -0.25) is 9.59 Å². The van der Waals surface area contributed by atoms with Gasteiger partial charge >= 0.3 is 0 Å². The Labute approximate surface area is 147 Å².